The lowest BCUT2D eigenvalue weighted by atomic mass is 9.92. The third-order valence-corrected chi connectivity index (χ3v) is 8.81. The summed E-state index contributed by atoms with van der Waals surface area (Å²) in [6.07, 6.45) is 6.86. The summed E-state index contributed by atoms with van der Waals surface area (Å²) in [7, 11) is 1.96. The second kappa shape index (κ2) is 8.20. The van der Waals surface area contributed by atoms with Crippen LogP contribution in [0.2, 0.25) is 0 Å². The number of benzene rings is 2. The van der Waals surface area contributed by atoms with Crippen molar-refractivity contribution in [3.63, 3.8) is 0 Å². The zero-order valence-corrected chi connectivity index (χ0v) is 20.4. The maximum atomic E-state index is 13.1. The Morgan fingerprint density at radius 1 is 1.23 bits per heavy atom. The van der Waals surface area contributed by atoms with Gasteiger partial charge in [0, 0.05) is 38.3 Å². The first-order chi connectivity index (χ1) is 14.9. The molecule has 1 atom stereocenters. The van der Waals surface area contributed by atoms with E-state index in [-0.39, 0.29) is 5.91 Å². The van der Waals surface area contributed by atoms with Crippen molar-refractivity contribution in [2.45, 2.75) is 48.7 Å². The number of halogens is 1. The highest BCUT2D eigenvalue weighted by Gasteiger charge is 2.44. The van der Waals surface area contributed by atoms with Crippen LogP contribution in [0.15, 0.2) is 48.8 Å². The van der Waals surface area contributed by atoms with Gasteiger partial charge < -0.3 is 9.47 Å². The number of amides is 1. The van der Waals surface area contributed by atoms with Gasteiger partial charge in [0.1, 0.15) is 0 Å². The largest absolute Gasteiger partial charge is 0.337 e. The molecule has 0 N–H and O–H groups in total. The number of aromatic nitrogens is 2. The molecule has 2 heterocycles. The highest BCUT2D eigenvalue weighted by molar-refractivity contribution is 14.1. The fraction of sp³-hybridized carbons (Fsp3) is 0.440. The Bertz CT molecular complexity index is 1100. The van der Waals surface area contributed by atoms with E-state index in [1.165, 1.54) is 30.4 Å². The van der Waals surface area contributed by atoms with Crippen molar-refractivity contribution in [2.75, 3.05) is 20.1 Å². The number of carbonyl (C=O) groups excluding carboxylic acids is 1. The molecule has 162 valence electrons. The van der Waals surface area contributed by atoms with Gasteiger partial charge in [0.25, 0.3) is 5.91 Å². The SMILES string of the molecule is Cc1ccc2c(c1)ncn2Cc1ccc(C(=O)N(C)C2CCN(C3(I)CCC3)C2)cc1. The van der Waals surface area contributed by atoms with E-state index < -0.39 is 0 Å². The van der Waals surface area contributed by atoms with E-state index in [2.05, 4.69) is 74.3 Å². The fourth-order valence-corrected chi connectivity index (χ4v) is 6.03. The van der Waals surface area contributed by atoms with Crippen LogP contribution >= 0.6 is 22.6 Å². The number of aryl methyl sites for hydroxylation is 1. The van der Waals surface area contributed by atoms with Gasteiger partial charge in [-0.05, 0) is 68.0 Å². The van der Waals surface area contributed by atoms with Crippen LogP contribution in [0.4, 0.5) is 0 Å². The van der Waals surface area contributed by atoms with E-state index in [4.69, 9.17) is 0 Å². The van der Waals surface area contributed by atoms with Crippen LogP contribution in [-0.2, 0) is 6.54 Å². The number of rotatable bonds is 5. The molecule has 0 bridgehead atoms. The van der Waals surface area contributed by atoms with Crippen LogP contribution in [0.5, 0.6) is 0 Å². The van der Waals surface area contributed by atoms with Crippen molar-refractivity contribution in [1.29, 1.82) is 0 Å². The number of nitrogens with zero attached hydrogens (tertiary/aromatic N) is 4. The number of alkyl halides is 1. The van der Waals surface area contributed by atoms with Gasteiger partial charge in [0.05, 0.1) is 20.9 Å². The number of hydrogen-bond acceptors (Lipinski definition) is 3. The molecule has 1 aliphatic carbocycles. The highest BCUT2D eigenvalue weighted by atomic mass is 127. The molecule has 5 nitrogen and oxygen atoms in total. The molecular weight excluding hydrogens is 499 g/mol. The molecular formula is C25H29IN4O. The second-order valence-electron chi connectivity index (χ2n) is 9.14. The summed E-state index contributed by atoms with van der Waals surface area (Å²) >= 11 is 2.63. The number of likely N-dealkylation sites (N-methyl/N-ethyl adjacent to an activating group) is 1. The van der Waals surface area contributed by atoms with E-state index >= 15 is 0 Å². The van der Waals surface area contributed by atoms with Gasteiger partial charge in [0.2, 0.25) is 0 Å². The molecule has 1 saturated carbocycles. The van der Waals surface area contributed by atoms with E-state index in [0.29, 0.717) is 9.59 Å². The fourth-order valence-electron chi connectivity index (χ4n) is 4.83. The zero-order valence-electron chi connectivity index (χ0n) is 18.2. The van der Waals surface area contributed by atoms with Crippen molar-refractivity contribution in [1.82, 2.24) is 19.4 Å². The molecule has 1 aromatic heterocycles. The number of likely N-dealkylation sites (tertiary alicyclic amines) is 1. The molecule has 2 fully saturated rings. The molecule has 5 rings (SSSR count). The Labute approximate surface area is 197 Å². The number of hydrogen-bond donors (Lipinski definition) is 0. The molecule has 2 aliphatic rings. The van der Waals surface area contributed by atoms with Gasteiger partial charge in [-0.3, -0.25) is 9.69 Å². The molecule has 1 saturated heterocycles. The molecule has 0 spiro atoms. The van der Waals surface area contributed by atoms with Gasteiger partial charge in [-0.25, -0.2) is 4.98 Å². The summed E-state index contributed by atoms with van der Waals surface area (Å²) in [5, 5.41) is 0. The minimum Gasteiger partial charge on any atom is -0.337 e. The quantitative estimate of drug-likeness (QED) is 0.270. The summed E-state index contributed by atoms with van der Waals surface area (Å²) < 4.78 is 2.50. The summed E-state index contributed by atoms with van der Waals surface area (Å²) in [6.45, 7) is 4.93. The third kappa shape index (κ3) is 4.00. The van der Waals surface area contributed by atoms with Crippen molar-refractivity contribution in [3.05, 3.63) is 65.5 Å². The second-order valence-corrected chi connectivity index (χ2v) is 11.1. The van der Waals surface area contributed by atoms with Crippen LogP contribution in [-0.4, -0.2) is 55.0 Å². The molecule has 3 aromatic rings. The lowest BCUT2D eigenvalue weighted by Gasteiger charge is -2.44. The van der Waals surface area contributed by atoms with Crippen molar-refractivity contribution >= 4 is 39.5 Å². The van der Waals surface area contributed by atoms with Gasteiger partial charge >= 0.3 is 0 Å². The Kier molecular flexibility index (Phi) is 5.54. The zero-order chi connectivity index (χ0) is 21.6. The molecule has 1 unspecified atom stereocenters. The lowest BCUT2D eigenvalue weighted by Crippen LogP contribution is -2.49. The monoisotopic (exact) mass is 528 g/mol. The number of fused-ring (bicyclic) bond motifs is 1. The Morgan fingerprint density at radius 2 is 2.00 bits per heavy atom. The maximum Gasteiger partial charge on any atom is 0.253 e. The Morgan fingerprint density at radius 3 is 2.71 bits per heavy atom. The van der Waals surface area contributed by atoms with Gasteiger partial charge in [-0.1, -0.05) is 40.8 Å². The van der Waals surface area contributed by atoms with Crippen LogP contribution < -0.4 is 0 Å². The normalized spacial score (nSPS) is 20.7. The van der Waals surface area contributed by atoms with Crippen molar-refractivity contribution < 1.29 is 4.79 Å². The van der Waals surface area contributed by atoms with Crippen LogP contribution in [0, 0.1) is 6.92 Å². The summed E-state index contributed by atoms with van der Waals surface area (Å²) in [6, 6.07) is 14.7. The van der Waals surface area contributed by atoms with Crippen LogP contribution in [0.3, 0.4) is 0 Å². The minimum atomic E-state index is 0.123. The third-order valence-electron chi connectivity index (χ3n) is 7.05. The molecule has 0 radical (unpaired) electrons. The van der Waals surface area contributed by atoms with E-state index in [1.807, 2.05) is 30.4 Å². The summed E-state index contributed by atoms with van der Waals surface area (Å²) in [5.74, 6) is 0.123. The number of imidazole rings is 1. The van der Waals surface area contributed by atoms with Gasteiger partial charge in [0.15, 0.2) is 0 Å². The van der Waals surface area contributed by atoms with Gasteiger partial charge in [-0.15, -0.1) is 0 Å². The lowest BCUT2D eigenvalue weighted by molar-refractivity contribution is 0.0714. The highest BCUT2D eigenvalue weighted by Crippen LogP contribution is 2.45. The van der Waals surface area contributed by atoms with Gasteiger partial charge in [-0.2, -0.15) is 0 Å². The Balaban J connectivity index is 1.24. The molecule has 2 aromatic carbocycles. The summed E-state index contributed by atoms with van der Waals surface area (Å²) in [4.78, 5) is 22.2. The van der Waals surface area contributed by atoms with E-state index in [0.717, 1.165) is 42.7 Å². The first-order valence-corrected chi connectivity index (χ1v) is 12.2. The standard InChI is InChI=1S/C25H29IN4O/c1-18-4-9-23-22(14-18)27-17-29(23)15-19-5-7-20(8-6-19)24(31)28(2)21-10-13-30(16-21)25(26)11-3-12-25/h4-9,14,17,21H,3,10-13,15-16H2,1-2H3. The van der Waals surface area contributed by atoms with Crippen molar-refractivity contribution in [2.24, 2.45) is 0 Å². The van der Waals surface area contributed by atoms with Crippen LogP contribution in [0.25, 0.3) is 11.0 Å². The minimum absolute atomic E-state index is 0.123. The van der Waals surface area contributed by atoms with Crippen molar-refractivity contribution in [3.8, 4) is 0 Å². The van der Waals surface area contributed by atoms with Crippen LogP contribution in [0.1, 0.15) is 47.2 Å². The average Bonchev–Trinajstić information content (AvgIpc) is 3.39. The smallest absolute Gasteiger partial charge is 0.253 e. The average molecular weight is 528 g/mol. The summed E-state index contributed by atoms with van der Waals surface area (Å²) in [5.41, 5.74) is 5.31. The molecule has 31 heavy (non-hydrogen) atoms. The molecule has 1 amide bonds. The topological polar surface area (TPSA) is 41.4 Å². The first-order valence-electron chi connectivity index (χ1n) is 11.1. The number of carbonyl (C=O) groups is 1. The predicted octanol–water partition coefficient (Wildman–Crippen LogP) is 4.85. The Hall–Kier alpha value is -1.93. The molecule has 1 aliphatic heterocycles. The van der Waals surface area contributed by atoms with E-state index in [1.54, 1.807) is 0 Å². The predicted molar refractivity (Wildman–Crippen MR) is 133 cm³/mol. The van der Waals surface area contributed by atoms with E-state index in [9.17, 15) is 4.79 Å². The first kappa shape index (κ1) is 20.9. The molecule has 6 heteroatoms. The maximum absolute atomic E-state index is 13.1.